The monoisotopic (exact) mass is 263 g/mol. The molecule has 1 aromatic carbocycles. The van der Waals surface area contributed by atoms with Gasteiger partial charge in [0.25, 0.3) is 0 Å². The van der Waals surface area contributed by atoms with E-state index >= 15 is 0 Å². The van der Waals surface area contributed by atoms with Crippen LogP contribution in [0.5, 0.6) is 0 Å². The van der Waals surface area contributed by atoms with E-state index in [1.165, 1.54) is 23.6 Å². The maximum absolute atomic E-state index is 14.0. The molecular weight excluding hydrogens is 252 g/mol. The number of rotatable bonds is 3. The molecule has 3 rings (SSSR count). The molecule has 1 aromatic heterocycles. The molecule has 0 aliphatic carbocycles. The highest BCUT2D eigenvalue weighted by atomic mass is 19.1. The van der Waals surface area contributed by atoms with Crippen molar-refractivity contribution >= 4 is 0 Å². The summed E-state index contributed by atoms with van der Waals surface area (Å²) in [7, 11) is 0. The average Bonchev–Trinajstić information content (AvgIpc) is 2.90. The Hall–Kier alpha value is -2.24. The lowest BCUT2D eigenvalue weighted by molar-refractivity contribution is -0.0190. The Morgan fingerprint density at radius 1 is 1.37 bits per heavy atom. The van der Waals surface area contributed by atoms with Crippen molar-refractivity contribution in [1.29, 1.82) is 0 Å². The van der Waals surface area contributed by atoms with E-state index in [1.807, 2.05) is 6.92 Å². The average molecular weight is 263 g/mol. The maximum Gasteiger partial charge on any atom is 0.179 e. The van der Waals surface area contributed by atoms with E-state index in [-0.39, 0.29) is 12.1 Å². The third-order valence-corrected chi connectivity index (χ3v) is 3.29. The SMILES string of the molecule is CC1=COC1(Cn1cncn1)c1cc(F)ccc1F. The third kappa shape index (κ3) is 1.80. The zero-order chi connectivity index (χ0) is 13.5. The van der Waals surface area contributed by atoms with Crippen LogP contribution in [0.4, 0.5) is 8.78 Å². The minimum Gasteiger partial charge on any atom is -0.483 e. The van der Waals surface area contributed by atoms with Crippen LogP contribution >= 0.6 is 0 Å². The minimum atomic E-state index is -1.01. The van der Waals surface area contributed by atoms with E-state index in [0.717, 1.165) is 23.8 Å². The molecule has 1 unspecified atom stereocenters. The van der Waals surface area contributed by atoms with Gasteiger partial charge >= 0.3 is 0 Å². The lowest BCUT2D eigenvalue weighted by Crippen LogP contribution is -2.41. The van der Waals surface area contributed by atoms with E-state index in [0.29, 0.717) is 0 Å². The number of hydrogen-bond acceptors (Lipinski definition) is 3. The van der Waals surface area contributed by atoms with Crippen molar-refractivity contribution in [3.8, 4) is 0 Å². The van der Waals surface area contributed by atoms with Crippen LogP contribution in [0, 0.1) is 11.6 Å². The first-order valence-corrected chi connectivity index (χ1v) is 5.75. The smallest absolute Gasteiger partial charge is 0.179 e. The highest BCUT2D eigenvalue weighted by molar-refractivity contribution is 5.37. The van der Waals surface area contributed by atoms with E-state index in [1.54, 1.807) is 0 Å². The molecule has 0 N–H and O–H groups in total. The van der Waals surface area contributed by atoms with Gasteiger partial charge in [-0.25, -0.2) is 18.4 Å². The van der Waals surface area contributed by atoms with E-state index in [4.69, 9.17) is 4.74 Å². The molecule has 2 aromatic rings. The Morgan fingerprint density at radius 3 is 2.79 bits per heavy atom. The normalized spacial score (nSPS) is 21.5. The van der Waals surface area contributed by atoms with Crippen LogP contribution in [-0.2, 0) is 16.9 Å². The molecule has 0 fully saturated rings. The minimum absolute atomic E-state index is 0.169. The van der Waals surface area contributed by atoms with Crippen LogP contribution in [0.25, 0.3) is 0 Å². The van der Waals surface area contributed by atoms with Gasteiger partial charge in [-0.2, -0.15) is 5.10 Å². The standard InChI is InChI=1S/C13H11F2N3O/c1-9-5-19-13(9,6-18-8-16-7-17-18)11-4-10(14)2-3-12(11)15/h2-5,7-8H,6H2,1H3. The molecule has 1 aliphatic heterocycles. The highest BCUT2D eigenvalue weighted by Gasteiger charge is 2.45. The summed E-state index contributed by atoms with van der Waals surface area (Å²) in [6.45, 7) is 2.06. The van der Waals surface area contributed by atoms with Crippen molar-refractivity contribution in [2.75, 3.05) is 0 Å². The van der Waals surface area contributed by atoms with Crippen LogP contribution in [0.2, 0.25) is 0 Å². The summed E-state index contributed by atoms with van der Waals surface area (Å²) in [5, 5.41) is 3.98. The van der Waals surface area contributed by atoms with Crippen LogP contribution in [0.3, 0.4) is 0 Å². The molecule has 0 spiro atoms. The van der Waals surface area contributed by atoms with Crippen molar-refractivity contribution in [1.82, 2.24) is 14.8 Å². The molecule has 0 radical (unpaired) electrons. The van der Waals surface area contributed by atoms with Crippen molar-refractivity contribution in [2.24, 2.45) is 0 Å². The second-order valence-electron chi connectivity index (χ2n) is 4.46. The number of benzene rings is 1. The van der Waals surface area contributed by atoms with Gasteiger partial charge in [0.1, 0.15) is 24.3 Å². The molecule has 0 saturated heterocycles. The Morgan fingerprint density at radius 2 is 2.21 bits per heavy atom. The van der Waals surface area contributed by atoms with Gasteiger partial charge in [-0.05, 0) is 25.1 Å². The van der Waals surface area contributed by atoms with Gasteiger partial charge in [0, 0.05) is 11.1 Å². The summed E-state index contributed by atoms with van der Waals surface area (Å²) >= 11 is 0. The number of aromatic nitrogens is 3. The highest BCUT2D eigenvalue weighted by Crippen LogP contribution is 2.43. The summed E-state index contributed by atoms with van der Waals surface area (Å²) in [5.74, 6) is -1.01. The van der Waals surface area contributed by atoms with E-state index in [2.05, 4.69) is 10.1 Å². The largest absolute Gasteiger partial charge is 0.483 e. The van der Waals surface area contributed by atoms with Gasteiger partial charge in [0.05, 0.1) is 12.8 Å². The van der Waals surface area contributed by atoms with E-state index in [9.17, 15) is 8.78 Å². The van der Waals surface area contributed by atoms with Gasteiger partial charge in [-0.1, -0.05) is 0 Å². The Bertz CT molecular complexity index is 639. The zero-order valence-electron chi connectivity index (χ0n) is 10.2. The molecule has 2 heterocycles. The number of halogens is 2. The summed E-state index contributed by atoms with van der Waals surface area (Å²) in [4.78, 5) is 3.83. The third-order valence-electron chi connectivity index (χ3n) is 3.29. The molecule has 0 bridgehead atoms. The van der Waals surface area contributed by atoms with Crippen LogP contribution in [-0.4, -0.2) is 14.8 Å². The first-order valence-electron chi connectivity index (χ1n) is 5.75. The lowest BCUT2D eigenvalue weighted by Gasteiger charge is -2.41. The number of hydrogen-bond donors (Lipinski definition) is 0. The summed E-state index contributed by atoms with van der Waals surface area (Å²) in [5.41, 5.74) is -0.0321. The maximum atomic E-state index is 14.0. The Balaban J connectivity index is 2.06. The van der Waals surface area contributed by atoms with Crippen molar-refractivity contribution < 1.29 is 13.5 Å². The Kier molecular flexibility index (Phi) is 2.58. The lowest BCUT2D eigenvalue weighted by atomic mass is 9.83. The topological polar surface area (TPSA) is 39.9 Å². The molecule has 4 nitrogen and oxygen atoms in total. The molecule has 6 heteroatoms. The Labute approximate surface area is 108 Å². The van der Waals surface area contributed by atoms with Gasteiger partial charge in [-0.15, -0.1) is 0 Å². The molecule has 0 amide bonds. The second kappa shape index (κ2) is 4.15. The number of nitrogens with zero attached hydrogens (tertiary/aromatic N) is 3. The molecule has 1 atom stereocenters. The quantitative estimate of drug-likeness (QED) is 0.853. The predicted molar refractivity (Wildman–Crippen MR) is 62.9 cm³/mol. The molecule has 98 valence electrons. The summed E-state index contributed by atoms with van der Waals surface area (Å²) in [6.07, 6.45) is 4.42. The van der Waals surface area contributed by atoms with Crippen LogP contribution in [0.15, 0.2) is 42.7 Å². The second-order valence-corrected chi connectivity index (χ2v) is 4.46. The van der Waals surface area contributed by atoms with Crippen LogP contribution < -0.4 is 0 Å². The summed E-state index contributed by atoms with van der Waals surface area (Å²) < 4.78 is 34.3. The fourth-order valence-corrected chi connectivity index (χ4v) is 2.19. The van der Waals surface area contributed by atoms with Crippen molar-refractivity contribution in [2.45, 2.75) is 19.1 Å². The fraction of sp³-hybridized carbons (Fsp3) is 0.231. The fourth-order valence-electron chi connectivity index (χ4n) is 2.19. The van der Waals surface area contributed by atoms with Gasteiger partial charge < -0.3 is 4.74 Å². The van der Waals surface area contributed by atoms with Crippen molar-refractivity contribution in [3.05, 3.63) is 59.9 Å². The molecular formula is C13H11F2N3O. The van der Waals surface area contributed by atoms with Gasteiger partial charge in [0.15, 0.2) is 5.60 Å². The van der Waals surface area contributed by atoms with Crippen molar-refractivity contribution in [3.63, 3.8) is 0 Å². The van der Waals surface area contributed by atoms with Crippen LogP contribution in [0.1, 0.15) is 12.5 Å². The first-order chi connectivity index (χ1) is 9.12. The molecule has 0 saturated carbocycles. The zero-order valence-corrected chi connectivity index (χ0v) is 10.2. The summed E-state index contributed by atoms with van der Waals surface area (Å²) in [6, 6.07) is 3.34. The predicted octanol–water partition coefficient (Wildman–Crippen LogP) is 2.39. The van der Waals surface area contributed by atoms with E-state index < -0.39 is 17.2 Å². The van der Waals surface area contributed by atoms with Gasteiger partial charge in [-0.3, -0.25) is 0 Å². The molecule has 19 heavy (non-hydrogen) atoms. The number of ether oxygens (including phenoxy) is 1. The first kappa shape index (κ1) is 11.8. The van der Waals surface area contributed by atoms with Gasteiger partial charge in [0.2, 0.25) is 0 Å². The molecule has 1 aliphatic rings.